The van der Waals surface area contributed by atoms with Crippen LogP contribution >= 0.6 is 0 Å². The Kier molecular flexibility index (Phi) is 5.08. The maximum absolute atomic E-state index is 6.22. The Morgan fingerprint density at radius 2 is 1.72 bits per heavy atom. The highest BCUT2D eigenvalue weighted by Crippen LogP contribution is 2.39. The molecule has 106 valence electrons. The molecule has 2 nitrogen and oxygen atoms in total. The van der Waals surface area contributed by atoms with Crippen molar-refractivity contribution in [1.29, 1.82) is 0 Å². The molecule has 2 aliphatic carbocycles. The smallest absolute Gasteiger partial charge is 0.0337 e. The number of hydrogen-bond acceptors (Lipinski definition) is 2. The molecule has 0 aromatic carbocycles. The molecule has 0 aromatic heterocycles. The van der Waals surface area contributed by atoms with Gasteiger partial charge in [0.05, 0.1) is 0 Å². The maximum atomic E-state index is 6.22. The number of rotatable bonds is 4. The molecule has 0 aliphatic heterocycles. The van der Waals surface area contributed by atoms with Gasteiger partial charge in [0.2, 0.25) is 0 Å². The Morgan fingerprint density at radius 3 is 2.33 bits per heavy atom. The van der Waals surface area contributed by atoms with E-state index >= 15 is 0 Å². The first-order valence-electron chi connectivity index (χ1n) is 8.16. The zero-order valence-electron chi connectivity index (χ0n) is 12.4. The van der Waals surface area contributed by atoms with Crippen LogP contribution in [0.3, 0.4) is 0 Å². The van der Waals surface area contributed by atoms with Gasteiger partial charge in [-0.1, -0.05) is 46.0 Å². The number of hydrogen-bond donors (Lipinski definition) is 2. The normalized spacial score (nSPS) is 35.0. The Balaban J connectivity index is 2.05. The Morgan fingerprint density at radius 1 is 1.06 bits per heavy atom. The monoisotopic (exact) mass is 252 g/mol. The molecule has 2 aliphatic rings. The molecular formula is C16H32N2. The third-order valence-electron chi connectivity index (χ3n) is 5.36. The Labute approximate surface area is 113 Å². The lowest BCUT2D eigenvalue weighted by molar-refractivity contribution is 0.0885. The van der Waals surface area contributed by atoms with Crippen LogP contribution in [0.2, 0.25) is 0 Å². The summed E-state index contributed by atoms with van der Waals surface area (Å²) >= 11 is 0. The summed E-state index contributed by atoms with van der Waals surface area (Å²) in [6.45, 7) is 5.58. The molecule has 0 bridgehead atoms. The van der Waals surface area contributed by atoms with E-state index in [1.54, 1.807) is 0 Å². The van der Waals surface area contributed by atoms with Crippen LogP contribution in [0.25, 0.3) is 0 Å². The average molecular weight is 252 g/mol. The largest absolute Gasteiger partial charge is 0.329 e. The summed E-state index contributed by atoms with van der Waals surface area (Å²) in [5.74, 6) is 1.53. The second kappa shape index (κ2) is 6.38. The van der Waals surface area contributed by atoms with Crippen molar-refractivity contribution in [2.45, 2.75) is 83.2 Å². The predicted molar refractivity (Wildman–Crippen MR) is 78.6 cm³/mol. The van der Waals surface area contributed by atoms with Gasteiger partial charge in [0.15, 0.2) is 0 Å². The summed E-state index contributed by atoms with van der Waals surface area (Å²) in [7, 11) is 0. The number of nitrogens with one attached hydrogen (secondary N) is 1. The molecule has 2 fully saturated rings. The standard InChI is InChI=1S/C16H32N2/c1-13(2)15-10-6-7-11-16(15,12-17)18-14-8-4-3-5-9-14/h13-15,18H,3-12,17H2,1-2H3. The number of nitrogens with two attached hydrogens (primary N) is 1. The maximum Gasteiger partial charge on any atom is 0.0337 e. The van der Waals surface area contributed by atoms with Crippen LogP contribution in [0.15, 0.2) is 0 Å². The first-order chi connectivity index (χ1) is 8.68. The van der Waals surface area contributed by atoms with Crippen molar-refractivity contribution in [2.75, 3.05) is 6.54 Å². The molecule has 0 heterocycles. The molecule has 2 heteroatoms. The molecule has 0 saturated heterocycles. The van der Waals surface area contributed by atoms with Gasteiger partial charge in [-0.15, -0.1) is 0 Å². The lowest BCUT2D eigenvalue weighted by atomic mass is 9.67. The van der Waals surface area contributed by atoms with Crippen LogP contribution in [-0.4, -0.2) is 18.1 Å². The fraction of sp³-hybridized carbons (Fsp3) is 1.00. The van der Waals surface area contributed by atoms with Gasteiger partial charge >= 0.3 is 0 Å². The van der Waals surface area contributed by atoms with Gasteiger partial charge in [-0.05, 0) is 37.5 Å². The van der Waals surface area contributed by atoms with E-state index in [1.165, 1.54) is 57.8 Å². The van der Waals surface area contributed by atoms with Crippen LogP contribution in [0.4, 0.5) is 0 Å². The first-order valence-corrected chi connectivity index (χ1v) is 8.16. The fourth-order valence-corrected chi connectivity index (χ4v) is 4.38. The average Bonchev–Trinajstić information content (AvgIpc) is 2.40. The lowest BCUT2D eigenvalue weighted by Crippen LogP contribution is -2.62. The van der Waals surface area contributed by atoms with Gasteiger partial charge in [0.1, 0.15) is 0 Å². The summed E-state index contributed by atoms with van der Waals surface area (Å²) in [5.41, 5.74) is 6.47. The van der Waals surface area contributed by atoms with Crippen LogP contribution < -0.4 is 11.1 Å². The van der Waals surface area contributed by atoms with Crippen molar-refractivity contribution < 1.29 is 0 Å². The third kappa shape index (κ3) is 3.08. The van der Waals surface area contributed by atoms with Gasteiger partial charge in [-0.2, -0.15) is 0 Å². The van der Waals surface area contributed by atoms with E-state index in [-0.39, 0.29) is 5.54 Å². The first kappa shape index (κ1) is 14.3. The second-order valence-electron chi connectivity index (χ2n) is 6.94. The minimum absolute atomic E-state index is 0.244. The van der Waals surface area contributed by atoms with Crippen molar-refractivity contribution in [2.24, 2.45) is 17.6 Å². The molecule has 0 amide bonds. The van der Waals surface area contributed by atoms with E-state index < -0.39 is 0 Å². The quantitative estimate of drug-likeness (QED) is 0.804. The minimum atomic E-state index is 0.244. The van der Waals surface area contributed by atoms with Crippen LogP contribution in [-0.2, 0) is 0 Å². The molecule has 2 saturated carbocycles. The Bertz CT molecular complexity index is 245. The van der Waals surface area contributed by atoms with E-state index in [9.17, 15) is 0 Å². The van der Waals surface area contributed by atoms with Crippen molar-refractivity contribution in [3.05, 3.63) is 0 Å². The summed E-state index contributed by atoms with van der Waals surface area (Å²) in [5, 5.41) is 4.03. The van der Waals surface area contributed by atoms with Gasteiger partial charge in [-0.25, -0.2) is 0 Å². The molecule has 0 spiro atoms. The second-order valence-corrected chi connectivity index (χ2v) is 6.94. The SMILES string of the molecule is CC(C)C1CCCCC1(CN)NC1CCCCC1. The van der Waals surface area contributed by atoms with Gasteiger partial charge in [-0.3, -0.25) is 0 Å². The lowest BCUT2D eigenvalue weighted by Gasteiger charge is -2.49. The highest BCUT2D eigenvalue weighted by molar-refractivity contribution is 5.01. The topological polar surface area (TPSA) is 38.0 Å². The molecule has 2 unspecified atom stereocenters. The summed E-state index contributed by atoms with van der Waals surface area (Å²) < 4.78 is 0. The molecular weight excluding hydrogens is 220 g/mol. The van der Waals surface area contributed by atoms with Crippen molar-refractivity contribution in [1.82, 2.24) is 5.32 Å². The highest BCUT2D eigenvalue weighted by atomic mass is 15.0. The van der Waals surface area contributed by atoms with Gasteiger partial charge < -0.3 is 11.1 Å². The van der Waals surface area contributed by atoms with E-state index in [0.717, 1.165) is 24.4 Å². The van der Waals surface area contributed by atoms with Crippen LogP contribution in [0, 0.1) is 11.8 Å². The summed E-state index contributed by atoms with van der Waals surface area (Å²) in [4.78, 5) is 0. The zero-order chi connectivity index (χ0) is 13.0. The fourth-order valence-electron chi connectivity index (χ4n) is 4.38. The highest BCUT2D eigenvalue weighted by Gasteiger charge is 2.42. The molecule has 0 aromatic rings. The van der Waals surface area contributed by atoms with Crippen molar-refractivity contribution in [3.63, 3.8) is 0 Å². The van der Waals surface area contributed by atoms with E-state index in [2.05, 4.69) is 19.2 Å². The molecule has 2 rings (SSSR count). The third-order valence-corrected chi connectivity index (χ3v) is 5.36. The summed E-state index contributed by atoms with van der Waals surface area (Å²) in [6.07, 6.45) is 12.4. The zero-order valence-corrected chi connectivity index (χ0v) is 12.4. The van der Waals surface area contributed by atoms with Gasteiger partial charge in [0.25, 0.3) is 0 Å². The molecule has 0 radical (unpaired) electrons. The summed E-state index contributed by atoms with van der Waals surface area (Å²) in [6, 6.07) is 0.738. The van der Waals surface area contributed by atoms with Crippen LogP contribution in [0.1, 0.15) is 71.6 Å². The predicted octanol–water partition coefficient (Wildman–Crippen LogP) is 3.45. The minimum Gasteiger partial charge on any atom is -0.329 e. The van der Waals surface area contributed by atoms with Crippen molar-refractivity contribution >= 4 is 0 Å². The molecule has 18 heavy (non-hydrogen) atoms. The molecule has 3 N–H and O–H groups in total. The van der Waals surface area contributed by atoms with E-state index in [0.29, 0.717) is 0 Å². The van der Waals surface area contributed by atoms with Gasteiger partial charge in [0, 0.05) is 18.1 Å². The van der Waals surface area contributed by atoms with Crippen LogP contribution in [0.5, 0.6) is 0 Å². The molecule has 2 atom stereocenters. The van der Waals surface area contributed by atoms with E-state index in [1.807, 2.05) is 0 Å². The Hall–Kier alpha value is -0.0800. The van der Waals surface area contributed by atoms with E-state index in [4.69, 9.17) is 5.73 Å². The van der Waals surface area contributed by atoms with Crippen molar-refractivity contribution in [3.8, 4) is 0 Å².